The molecule has 0 aliphatic heterocycles. The molecule has 0 amide bonds. The van der Waals surface area contributed by atoms with Crippen LogP contribution < -0.4 is 0 Å². The first-order valence-corrected chi connectivity index (χ1v) is 8.02. The molecular weight excluding hydrogens is 304 g/mol. The van der Waals surface area contributed by atoms with Crippen LogP contribution >= 0.6 is 0 Å². The van der Waals surface area contributed by atoms with Crippen molar-refractivity contribution < 1.29 is 19.1 Å². The first kappa shape index (κ1) is 16.3. The summed E-state index contributed by atoms with van der Waals surface area (Å²) < 4.78 is 5.39. The number of hydrogen-bond acceptors (Lipinski definition) is 4. The highest BCUT2D eigenvalue weighted by Gasteiger charge is 2.37. The smallest absolute Gasteiger partial charge is 0.188 e. The lowest BCUT2D eigenvalue weighted by molar-refractivity contribution is 0.0719. The van der Waals surface area contributed by atoms with E-state index in [2.05, 4.69) is 0 Å². The molecule has 0 fully saturated rings. The average molecular weight is 322 g/mol. The molecule has 2 aromatic carbocycles. The number of rotatable bonds is 7. The number of ether oxygens (including phenoxy) is 1. The number of hydrogen-bond donors (Lipinski definition) is 0. The van der Waals surface area contributed by atoms with Gasteiger partial charge in [0.05, 0.1) is 5.92 Å². The Bertz CT molecular complexity index is 729. The molecule has 4 nitrogen and oxygen atoms in total. The number of carbonyl (C=O) groups excluding carboxylic acids is 3. The third-order valence-electron chi connectivity index (χ3n) is 4.20. The molecule has 0 N–H and O–H groups in total. The molecule has 0 aromatic heterocycles. The van der Waals surface area contributed by atoms with Crippen molar-refractivity contribution in [2.45, 2.75) is 12.8 Å². The maximum Gasteiger partial charge on any atom is 0.188 e. The summed E-state index contributed by atoms with van der Waals surface area (Å²) in [7, 11) is 0. The van der Waals surface area contributed by atoms with Crippen LogP contribution in [0.5, 0.6) is 0 Å². The van der Waals surface area contributed by atoms with E-state index in [9.17, 15) is 14.4 Å². The summed E-state index contributed by atoms with van der Waals surface area (Å²) in [6.07, 6.45) is 1.02. The van der Waals surface area contributed by atoms with Crippen molar-refractivity contribution in [3.8, 4) is 0 Å². The highest BCUT2D eigenvalue weighted by atomic mass is 16.5. The third-order valence-corrected chi connectivity index (χ3v) is 4.20. The van der Waals surface area contributed by atoms with Gasteiger partial charge in [0.15, 0.2) is 17.3 Å². The molecule has 0 saturated carbocycles. The number of fused-ring (bicyclic) bond motifs is 1. The molecule has 0 radical (unpaired) electrons. The van der Waals surface area contributed by atoms with Gasteiger partial charge in [-0.1, -0.05) is 54.6 Å². The van der Waals surface area contributed by atoms with Crippen molar-refractivity contribution in [3.05, 3.63) is 71.3 Å². The van der Waals surface area contributed by atoms with E-state index in [1.165, 1.54) is 0 Å². The van der Waals surface area contributed by atoms with Crippen molar-refractivity contribution in [1.29, 1.82) is 0 Å². The predicted octanol–water partition coefficient (Wildman–Crippen LogP) is 3.36. The Balaban J connectivity index is 1.44. The minimum Gasteiger partial charge on any atom is -0.373 e. The molecule has 3 rings (SSSR count). The molecule has 0 spiro atoms. The number of Topliss-reactive ketones (excluding diaryl/α,β-unsaturated/α-hetero) is 3. The molecule has 0 atom stereocenters. The lowest BCUT2D eigenvalue weighted by atomic mass is 9.98. The lowest BCUT2D eigenvalue weighted by Crippen LogP contribution is -2.16. The SMILES string of the molecule is O=C(COCCCC1C(=O)c2ccccc2C1=O)c1ccccc1. The fraction of sp³-hybridized carbons (Fsp3) is 0.250. The van der Waals surface area contributed by atoms with E-state index in [1.807, 2.05) is 18.2 Å². The molecule has 0 saturated heterocycles. The topological polar surface area (TPSA) is 60.4 Å². The van der Waals surface area contributed by atoms with E-state index in [1.54, 1.807) is 36.4 Å². The van der Waals surface area contributed by atoms with Crippen molar-refractivity contribution in [2.24, 2.45) is 5.92 Å². The van der Waals surface area contributed by atoms with Crippen LogP contribution in [0, 0.1) is 5.92 Å². The largest absolute Gasteiger partial charge is 0.373 e. The lowest BCUT2D eigenvalue weighted by Gasteiger charge is -2.07. The first-order valence-electron chi connectivity index (χ1n) is 8.02. The Labute approximate surface area is 140 Å². The minimum atomic E-state index is -0.601. The molecule has 122 valence electrons. The Morgan fingerprint density at radius 3 is 2.08 bits per heavy atom. The first-order chi connectivity index (χ1) is 11.7. The summed E-state index contributed by atoms with van der Waals surface area (Å²) in [6, 6.07) is 15.9. The zero-order chi connectivity index (χ0) is 16.9. The zero-order valence-corrected chi connectivity index (χ0v) is 13.2. The van der Waals surface area contributed by atoms with Gasteiger partial charge in [0, 0.05) is 23.3 Å². The second-order valence-corrected chi connectivity index (χ2v) is 5.81. The molecule has 0 heterocycles. The molecule has 1 aliphatic rings. The van der Waals surface area contributed by atoms with Crippen molar-refractivity contribution in [3.63, 3.8) is 0 Å². The van der Waals surface area contributed by atoms with Crippen molar-refractivity contribution >= 4 is 17.3 Å². The second-order valence-electron chi connectivity index (χ2n) is 5.81. The van der Waals surface area contributed by atoms with E-state index in [0.29, 0.717) is 36.1 Å². The van der Waals surface area contributed by atoms with Crippen LogP contribution in [0.15, 0.2) is 54.6 Å². The fourth-order valence-corrected chi connectivity index (χ4v) is 2.93. The van der Waals surface area contributed by atoms with E-state index < -0.39 is 5.92 Å². The molecule has 1 aliphatic carbocycles. The molecular formula is C20H18O4. The number of carbonyl (C=O) groups is 3. The number of ketones is 3. The molecule has 0 unspecified atom stereocenters. The van der Waals surface area contributed by atoms with Crippen LogP contribution in [0.3, 0.4) is 0 Å². The van der Waals surface area contributed by atoms with E-state index >= 15 is 0 Å². The van der Waals surface area contributed by atoms with Gasteiger partial charge in [0.2, 0.25) is 0 Å². The van der Waals surface area contributed by atoms with Gasteiger partial charge in [-0.15, -0.1) is 0 Å². The predicted molar refractivity (Wildman–Crippen MR) is 89.4 cm³/mol. The van der Waals surface area contributed by atoms with Crippen LogP contribution in [0.2, 0.25) is 0 Å². The Morgan fingerprint density at radius 1 is 0.875 bits per heavy atom. The minimum absolute atomic E-state index is 0.0107. The van der Waals surface area contributed by atoms with E-state index in [-0.39, 0.29) is 24.0 Å². The van der Waals surface area contributed by atoms with E-state index in [0.717, 1.165) is 0 Å². The zero-order valence-electron chi connectivity index (χ0n) is 13.2. The summed E-state index contributed by atoms with van der Waals surface area (Å²) in [4.78, 5) is 36.4. The molecule has 4 heteroatoms. The standard InChI is InChI=1S/C20H18O4/c21-18(14-7-2-1-3-8-14)13-24-12-6-11-17-19(22)15-9-4-5-10-16(15)20(17)23/h1-5,7-10,17H,6,11-13H2. The quantitative estimate of drug-likeness (QED) is 0.445. The van der Waals surface area contributed by atoms with Gasteiger partial charge >= 0.3 is 0 Å². The highest BCUT2D eigenvalue weighted by Crippen LogP contribution is 2.29. The van der Waals surface area contributed by atoms with Crippen LogP contribution in [0.4, 0.5) is 0 Å². The van der Waals surface area contributed by atoms with Gasteiger partial charge in [0.25, 0.3) is 0 Å². The summed E-state index contributed by atoms with van der Waals surface area (Å²) in [5.41, 5.74) is 1.66. The summed E-state index contributed by atoms with van der Waals surface area (Å²) >= 11 is 0. The van der Waals surface area contributed by atoms with Crippen molar-refractivity contribution in [1.82, 2.24) is 0 Å². The Morgan fingerprint density at radius 2 is 1.46 bits per heavy atom. The van der Waals surface area contributed by atoms with Gasteiger partial charge in [-0.25, -0.2) is 0 Å². The third kappa shape index (κ3) is 3.34. The summed E-state index contributed by atoms with van der Waals surface area (Å²) in [5, 5.41) is 0. The normalized spacial score (nSPS) is 14.0. The Hall–Kier alpha value is -2.59. The van der Waals surface area contributed by atoms with Gasteiger partial charge in [-0.05, 0) is 12.8 Å². The second kappa shape index (κ2) is 7.32. The van der Waals surface area contributed by atoms with E-state index in [4.69, 9.17) is 4.74 Å². The van der Waals surface area contributed by atoms with Gasteiger partial charge in [-0.2, -0.15) is 0 Å². The van der Waals surface area contributed by atoms with Crippen LogP contribution in [0.1, 0.15) is 43.9 Å². The Kier molecular flexibility index (Phi) is 4.96. The maximum atomic E-state index is 12.2. The molecule has 24 heavy (non-hydrogen) atoms. The average Bonchev–Trinajstić information content (AvgIpc) is 2.87. The molecule has 2 aromatic rings. The maximum absolute atomic E-state index is 12.2. The van der Waals surface area contributed by atoms with Gasteiger partial charge < -0.3 is 4.74 Å². The van der Waals surface area contributed by atoms with Gasteiger partial charge in [0.1, 0.15) is 6.61 Å². The van der Waals surface area contributed by atoms with Crippen LogP contribution in [0.25, 0.3) is 0 Å². The molecule has 0 bridgehead atoms. The highest BCUT2D eigenvalue weighted by molar-refractivity contribution is 6.26. The van der Waals surface area contributed by atoms with Crippen LogP contribution in [-0.4, -0.2) is 30.6 Å². The van der Waals surface area contributed by atoms with Gasteiger partial charge in [-0.3, -0.25) is 14.4 Å². The summed E-state index contributed by atoms with van der Waals surface area (Å²) in [6.45, 7) is 0.364. The van der Waals surface area contributed by atoms with Crippen LogP contribution in [-0.2, 0) is 4.74 Å². The van der Waals surface area contributed by atoms with Crippen molar-refractivity contribution in [2.75, 3.05) is 13.2 Å². The fourth-order valence-electron chi connectivity index (χ4n) is 2.93. The monoisotopic (exact) mass is 322 g/mol. The number of benzene rings is 2. The summed E-state index contributed by atoms with van der Waals surface area (Å²) in [5.74, 6) is -0.876.